The molecular formula is C11H18O. The first kappa shape index (κ1) is 9.61. The summed E-state index contributed by atoms with van der Waals surface area (Å²) in [6.45, 7) is 2.15. The van der Waals surface area contributed by atoms with Crippen LogP contribution in [0.25, 0.3) is 0 Å². The van der Waals surface area contributed by atoms with Gasteiger partial charge in [-0.15, -0.1) is 12.3 Å². The van der Waals surface area contributed by atoms with Crippen molar-refractivity contribution in [1.82, 2.24) is 0 Å². The highest BCUT2D eigenvalue weighted by atomic mass is 16.3. The zero-order chi connectivity index (χ0) is 8.97. The van der Waals surface area contributed by atoms with E-state index in [1.54, 1.807) is 0 Å². The second-order valence-corrected chi connectivity index (χ2v) is 3.86. The molecule has 0 bridgehead atoms. The van der Waals surface area contributed by atoms with Gasteiger partial charge in [-0.2, -0.15) is 0 Å². The molecule has 68 valence electrons. The van der Waals surface area contributed by atoms with Crippen molar-refractivity contribution in [2.75, 3.05) is 0 Å². The van der Waals surface area contributed by atoms with E-state index in [-0.39, 0.29) is 6.10 Å². The van der Waals surface area contributed by atoms with Gasteiger partial charge in [0.05, 0.1) is 6.10 Å². The van der Waals surface area contributed by atoms with Crippen LogP contribution in [0, 0.1) is 24.2 Å². The highest BCUT2D eigenvalue weighted by Gasteiger charge is 2.30. The normalized spacial score (nSPS) is 34.9. The third-order valence-electron chi connectivity index (χ3n) is 3.08. The zero-order valence-electron chi connectivity index (χ0n) is 7.79. The summed E-state index contributed by atoms with van der Waals surface area (Å²) in [4.78, 5) is 0. The Balaban J connectivity index is 2.21. The summed E-state index contributed by atoms with van der Waals surface area (Å²) in [6, 6.07) is 0. The maximum atomic E-state index is 9.48. The van der Waals surface area contributed by atoms with Crippen molar-refractivity contribution in [3.63, 3.8) is 0 Å². The van der Waals surface area contributed by atoms with E-state index >= 15 is 0 Å². The Morgan fingerprint density at radius 3 is 2.75 bits per heavy atom. The minimum atomic E-state index is -0.0548. The molecule has 1 N–H and O–H groups in total. The second-order valence-electron chi connectivity index (χ2n) is 3.86. The van der Waals surface area contributed by atoms with E-state index < -0.39 is 0 Å². The molecule has 0 spiro atoms. The van der Waals surface area contributed by atoms with E-state index in [2.05, 4.69) is 12.8 Å². The third kappa shape index (κ3) is 2.25. The van der Waals surface area contributed by atoms with Crippen LogP contribution in [0.3, 0.4) is 0 Å². The average Bonchev–Trinajstić information content (AvgIpc) is 2.36. The summed E-state index contributed by atoms with van der Waals surface area (Å²) >= 11 is 0. The Kier molecular flexibility index (Phi) is 3.62. The van der Waals surface area contributed by atoms with Crippen LogP contribution in [0.2, 0.25) is 0 Å². The molecule has 3 atom stereocenters. The molecule has 1 saturated carbocycles. The van der Waals surface area contributed by atoms with Crippen molar-refractivity contribution >= 4 is 0 Å². The monoisotopic (exact) mass is 166 g/mol. The van der Waals surface area contributed by atoms with Gasteiger partial charge < -0.3 is 5.11 Å². The van der Waals surface area contributed by atoms with E-state index in [0.29, 0.717) is 11.8 Å². The molecule has 1 fully saturated rings. The van der Waals surface area contributed by atoms with Crippen LogP contribution in [0.4, 0.5) is 0 Å². The highest BCUT2D eigenvalue weighted by molar-refractivity contribution is 4.86. The van der Waals surface area contributed by atoms with E-state index in [4.69, 9.17) is 6.42 Å². The maximum Gasteiger partial charge on any atom is 0.0568 e. The van der Waals surface area contributed by atoms with E-state index in [0.717, 1.165) is 19.3 Å². The molecule has 0 saturated heterocycles. The molecule has 1 aliphatic rings. The van der Waals surface area contributed by atoms with Gasteiger partial charge >= 0.3 is 0 Å². The van der Waals surface area contributed by atoms with Crippen LogP contribution in [0.1, 0.15) is 39.0 Å². The Labute approximate surface area is 75.2 Å². The van der Waals surface area contributed by atoms with Crippen molar-refractivity contribution in [3.05, 3.63) is 0 Å². The smallest absolute Gasteiger partial charge is 0.0568 e. The average molecular weight is 166 g/mol. The minimum Gasteiger partial charge on any atom is -0.393 e. The second kappa shape index (κ2) is 4.52. The first-order valence-corrected chi connectivity index (χ1v) is 4.87. The fourth-order valence-corrected chi connectivity index (χ4v) is 2.10. The molecule has 1 aliphatic carbocycles. The van der Waals surface area contributed by atoms with Crippen molar-refractivity contribution in [1.29, 1.82) is 0 Å². The van der Waals surface area contributed by atoms with Crippen LogP contribution in [0.5, 0.6) is 0 Å². The number of rotatable bonds is 3. The Morgan fingerprint density at radius 1 is 1.50 bits per heavy atom. The molecule has 1 rings (SSSR count). The lowest BCUT2D eigenvalue weighted by Gasteiger charge is -2.16. The van der Waals surface area contributed by atoms with Gasteiger partial charge in [0.15, 0.2) is 0 Å². The molecule has 0 aromatic heterocycles. The molecule has 0 aromatic rings. The van der Waals surface area contributed by atoms with E-state index in [9.17, 15) is 5.11 Å². The van der Waals surface area contributed by atoms with Crippen molar-refractivity contribution in [2.45, 2.75) is 45.1 Å². The topological polar surface area (TPSA) is 20.2 Å². The molecular weight excluding hydrogens is 148 g/mol. The number of aliphatic hydroxyl groups excluding tert-OH is 1. The maximum absolute atomic E-state index is 9.48. The van der Waals surface area contributed by atoms with Gasteiger partial charge in [0.1, 0.15) is 0 Å². The number of aliphatic hydroxyl groups is 1. The Hall–Kier alpha value is -0.480. The zero-order valence-corrected chi connectivity index (χ0v) is 7.79. The van der Waals surface area contributed by atoms with Gasteiger partial charge in [-0.1, -0.05) is 6.92 Å². The van der Waals surface area contributed by atoms with Crippen molar-refractivity contribution in [2.24, 2.45) is 11.8 Å². The molecule has 1 nitrogen and oxygen atoms in total. The molecule has 0 radical (unpaired) electrons. The van der Waals surface area contributed by atoms with Crippen LogP contribution >= 0.6 is 0 Å². The predicted octanol–water partition coefficient (Wildman–Crippen LogP) is 2.20. The lowest BCUT2D eigenvalue weighted by atomic mass is 9.92. The summed E-state index contributed by atoms with van der Waals surface area (Å²) in [5.74, 6) is 3.86. The van der Waals surface area contributed by atoms with Crippen molar-refractivity contribution in [3.8, 4) is 12.3 Å². The van der Waals surface area contributed by atoms with Crippen LogP contribution < -0.4 is 0 Å². The minimum absolute atomic E-state index is 0.0548. The van der Waals surface area contributed by atoms with Crippen LogP contribution in [-0.4, -0.2) is 11.2 Å². The summed E-state index contributed by atoms with van der Waals surface area (Å²) < 4.78 is 0. The first-order valence-electron chi connectivity index (χ1n) is 4.87. The van der Waals surface area contributed by atoms with Gasteiger partial charge in [-0.05, 0) is 37.5 Å². The molecule has 12 heavy (non-hydrogen) atoms. The number of terminal acetylenes is 1. The molecule has 0 aromatic carbocycles. The Bertz CT molecular complexity index is 168. The van der Waals surface area contributed by atoms with Gasteiger partial charge in [0.2, 0.25) is 0 Å². The summed E-state index contributed by atoms with van der Waals surface area (Å²) in [6.07, 6.45) is 10.5. The molecule has 1 heteroatoms. The van der Waals surface area contributed by atoms with Gasteiger partial charge in [-0.3, -0.25) is 0 Å². The predicted molar refractivity (Wildman–Crippen MR) is 50.6 cm³/mol. The number of hydrogen-bond donors (Lipinski definition) is 1. The largest absolute Gasteiger partial charge is 0.393 e. The molecule has 3 unspecified atom stereocenters. The highest BCUT2D eigenvalue weighted by Crippen LogP contribution is 2.34. The summed E-state index contributed by atoms with van der Waals surface area (Å²) in [5, 5.41) is 9.48. The van der Waals surface area contributed by atoms with Crippen LogP contribution in [-0.2, 0) is 0 Å². The summed E-state index contributed by atoms with van der Waals surface area (Å²) in [5.41, 5.74) is 0. The van der Waals surface area contributed by atoms with E-state index in [1.165, 1.54) is 12.8 Å². The van der Waals surface area contributed by atoms with Gasteiger partial charge in [0.25, 0.3) is 0 Å². The standard InChI is InChI=1S/C11H18O/c1-3-4-5-6-10-7-8-11(12)9(10)2/h1,9-12H,4-8H2,2H3. The molecule has 0 heterocycles. The van der Waals surface area contributed by atoms with E-state index in [1.807, 2.05) is 0 Å². The number of unbranched alkanes of at least 4 members (excludes halogenated alkanes) is 1. The molecule has 0 aliphatic heterocycles. The Morgan fingerprint density at radius 2 is 2.25 bits per heavy atom. The number of hydrogen-bond acceptors (Lipinski definition) is 1. The third-order valence-corrected chi connectivity index (χ3v) is 3.08. The van der Waals surface area contributed by atoms with Crippen molar-refractivity contribution < 1.29 is 5.11 Å². The fraction of sp³-hybridized carbons (Fsp3) is 0.818. The summed E-state index contributed by atoms with van der Waals surface area (Å²) in [7, 11) is 0. The van der Waals surface area contributed by atoms with Gasteiger partial charge in [-0.25, -0.2) is 0 Å². The van der Waals surface area contributed by atoms with Crippen LogP contribution in [0.15, 0.2) is 0 Å². The fourth-order valence-electron chi connectivity index (χ4n) is 2.10. The quantitative estimate of drug-likeness (QED) is 0.503. The SMILES string of the molecule is C#CCCCC1CCC(O)C1C. The molecule has 0 amide bonds. The first-order chi connectivity index (χ1) is 5.75. The van der Waals surface area contributed by atoms with Gasteiger partial charge in [0, 0.05) is 6.42 Å². The lowest BCUT2D eigenvalue weighted by Crippen LogP contribution is -2.15. The lowest BCUT2D eigenvalue weighted by molar-refractivity contribution is 0.125.